The first-order valence-corrected chi connectivity index (χ1v) is 7.74. The monoisotopic (exact) mass is 424 g/mol. The molecule has 120 valence electrons. The maximum atomic E-state index is 11.4. The van der Waals surface area contributed by atoms with Gasteiger partial charge >= 0.3 is 0 Å². The topological polar surface area (TPSA) is 65.5 Å². The lowest BCUT2D eigenvalue weighted by atomic mass is 10.4. The van der Waals surface area contributed by atoms with Gasteiger partial charge < -0.3 is 16.0 Å². The molecule has 0 unspecified atom stereocenters. The van der Waals surface area contributed by atoms with Crippen molar-refractivity contribution in [3.05, 3.63) is 21.9 Å². The van der Waals surface area contributed by atoms with E-state index in [1.54, 1.807) is 18.4 Å². The van der Waals surface area contributed by atoms with Crippen molar-refractivity contribution in [1.29, 1.82) is 0 Å². The van der Waals surface area contributed by atoms with Crippen LogP contribution in [-0.4, -0.2) is 32.0 Å². The summed E-state index contributed by atoms with van der Waals surface area (Å²) in [7, 11) is 1.73. The van der Waals surface area contributed by atoms with Crippen LogP contribution in [0.2, 0.25) is 0 Å². The Hall–Kier alpha value is -0.830. The summed E-state index contributed by atoms with van der Waals surface area (Å²) in [5.41, 5.74) is 0. The van der Waals surface area contributed by atoms with Crippen molar-refractivity contribution in [3.63, 3.8) is 0 Å². The van der Waals surface area contributed by atoms with Gasteiger partial charge in [0, 0.05) is 36.3 Å². The summed E-state index contributed by atoms with van der Waals surface area (Å²) in [5, 5.41) is 9.22. The summed E-state index contributed by atoms with van der Waals surface area (Å²) < 4.78 is 0. The number of hydrogen-bond donors (Lipinski definition) is 3. The van der Waals surface area contributed by atoms with Gasteiger partial charge in [-0.2, -0.15) is 0 Å². The molecule has 0 aliphatic heterocycles. The Morgan fingerprint density at radius 2 is 2.00 bits per heavy atom. The molecule has 0 aromatic carbocycles. The van der Waals surface area contributed by atoms with E-state index in [0.717, 1.165) is 25.5 Å². The Kier molecular flexibility index (Phi) is 11.3. The van der Waals surface area contributed by atoms with E-state index in [0.29, 0.717) is 13.0 Å². The van der Waals surface area contributed by atoms with Crippen LogP contribution in [0.3, 0.4) is 0 Å². The molecule has 0 atom stereocenters. The van der Waals surface area contributed by atoms with Crippen molar-refractivity contribution in [2.75, 3.05) is 20.1 Å². The van der Waals surface area contributed by atoms with Gasteiger partial charge in [-0.25, -0.2) is 0 Å². The molecule has 0 radical (unpaired) electrons. The SMILES string of the molecule is CCCNC(=O)CCNC(=NC)NCc1ccc(C)s1.I. The first-order valence-electron chi connectivity index (χ1n) is 6.92. The third-order valence-electron chi connectivity index (χ3n) is 2.67. The number of carbonyl (C=O) groups excluding carboxylic acids is 1. The Labute approximate surface area is 148 Å². The fraction of sp³-hybridized carbons (Fsp3) is 0.571. The Bertz CT molecular complexity index is 448. The number of rotatable bonds is 7. The van der Waals surface area contributed by atoms with Crippen molar-refractivity contribution >= 4 is 47.2 Å². The van der Waals surface area contributed by atoms with Gasteiger partial charge in [-0.15, -0.1) is 35.3 Å². The van der Waals surface area contributed by atoms with Crippen LogP contribution in [-0.2, 0) is 11.3 Å². The fourth-order valence-electron chi connectivity index (χ4n) is 1.62. The molecule has 1 aromatic heterocycles. The van der Waals surface area contributed by atoms with Crippen molar-refractivity contribution in [2.24, 2.45) is 4.99 Å². The minimum atomic E-state index is 0. The van der Waals surface area contributed by atoms with E-state index in [4.69, 9.17) is 0 Å². The Morgan fingerprint density at radius 3 is 2.57 bits per heavy atom. The molecule has 1 rings (SSSR count). The number of nitrogens with one attached hydrogen (secondary N) is 3. The van der Waals surface area contributed by atoms with E-state index in [1.165, 1.54) is 9.75 Å². The summed E-state index contributed by atoms with van der Waals surface area (Å²) in [6.45, 7) is 6.20. The molecule has 7 heteroatoms. The number of nitrogens with zero attached hydrogens (tertiary/aromatic N) is 1. The van der Waals surface area contributed by atoms with Gasteiger partial charge in [0.05, 0.1) is 6.54 Å². The molecule has 0 bridgehead atoms. The van der Waals surface area contributed by atoms with E-state index in [2.05, 4.69) is 40.0 Å². The maximum absolute atomic E-state index is 11.4. The zero-order chi connectivity index (χ0) is 14.8. The third kappa shape index (κ3) is 8.92. The largest absolute Gasteiger partial charge is 0.356 e. The molecule has 0 spiro atoms. The summed E-state index contributed by atoms with van der Waals surface area (Å²) >= 11 is 1.77. The van der Waals surface area contributed by atoms with Crippen LogP contribution in [0, 0.1) is 6.92 Å². The van der Waals surface area contributed by atoms with E-state index < -0.39 is 0 Å². The molecular weight excluding hydrogens is 399 g/mol. The van der Waals surface area contributed by atoms with Gasteiger partial charge in [-0.05, 0) is 25.5 Å². The fourth-order valence-corrected chi connectivity index (χ4v) is 2.45. The lowest BCUT2D eigenvalue weighted by Gasteiger charge is -2.11. The Balaban J connectivity index is 0.00000400. The highest BCUT2D eigenvalue weighted by Gasteiger charge is 2.02. The number of amides is 1. The highest BCUT2D eigenvalue weighted by molar-refractivity contribution is 14.0. The predicted octanol–water partition coefficient (Wildman–Crippen LogP) is 2.26. The molecule has 0 saturated heterocycles. The zero-order valence-corrected chi connectivity index (χ0v) is 16.0. The van der Waals surface area contributed by atoms with Crippen LogP contribution in [0.5, 0.6) is 0 Å². The maximum Gasteiger partial charge on any atom is 0.221 e. The number of carbonyl (C=O) groups is 1. The summed E-state index contributed by atoms with van der Waals surface area (Å²) in [6, 6.07) is 4.22. The molecule has 0 saturated carbocycles. The molecule has 1 amide bonds. The number of aryl methyl sites for hydroxylation is 1. The molecule has 21 heavy (non-hydrogen) atoms. The first kappa shape index (κ1) is 20.2. The second kappa shape index (κ2) is 11.8. The van der Waals surface area contributed by atoms with Crippen LogP contribution >= 0.6 is 35.3 Å². The van der Waals surface area contributed by atoms with Gasteiger partial charge in [-0.1, -0.05) is 6.92 Å². The predicted molar refractivity (Wildman–Crippen MR) is 101 cm³/mol. The van der Waals surface area contributed by atoms with Gasteiger partial charge in [0.25, 0.3) is 0 Å². The Morgan fingerprint density at radius 1 is 1.24 bits per heavy atom. The number of guanidine groups is 1. The molecular formula is C14H25IN4OS. The first-order chi connectivity index (χ1) is 9.65. The van der Waals surface area contributed by atoms with Crippen molar-refractivity contribution in [1.82, 2.24) is 16.0 Å². The second-order valence-electron chi connectivity index (χ2n) is 4.46. The molecule has 0 aliphatic carbocycles. The highest BCUT2D eigenvalue weighted by Crippen LogP contribution is 2.14. The average Bonchev–Trinajstić information content (AvgIpc) is 2.86. The summed E-state index contributed by atoms with van der Waals surface area (Å²) in [6.07, 6.45) is 1.42. The van der Waals surface area contributed by atoms with Crippen LogP contribution < -0.4 is 16.0 Å². The average molecular weight is 424 g/mol. The van der Waals surface area contributed by atoms with Crippen molar-refractivity contribution < 1.29 is 4.79 Å². The van der Waals surface area contributed by atoms with Crippen molar-refractivity contribution in [3.8, 4) is 0 Å². The van der Waals surface area contributed by atoms with E-state index >= 15 is 0 Å². The normalized spacial score (nSPS) is 10.7. The number of halogens is 1. The molecule has 0 fully saturated rings. The van der Waals surface area contributed by atoms with E-state index in [-0.39, 0.29) is 29.9 Å². The lowest BCUT2D eigenvalue weighted by Crippen LogP contribution is -2.38. The van der Waals surface area contributed by atoms with Gasteiger partial charge in [0.15, 0.2) is 5.96 Å². The van der Waals surface area contributed by atoms with Crippen molar-refractivity contribution in [2.45, 2.75) is 33.2 Å². The molecule has 1 heterocycles. The van der Waals surface area contributed by atoms with E-state index in [1.807, 2.05) is 6.92 Å². The summed E-state index contributed by atoms with van der Waals surface area (Å²) in [4.78, 5) is 18.2. The van der Waals surface area contributed by atoms with Crippen LogP contribution in [0.4, 0.5) is 0 Å². The molecule has 0 aliphatic rings. The third-order valence-corrected chi connectivity index (χ3v) is 3.67. The van der Waals surface area contributed by atoms with Crippen LogP contribution in [0.1, 0.15) is 29.5 Å². The molecule has 3 N–H and O–H groups in total. The van der Waals surface area contributed by atoms with Gasteiger partial charge in [-0.3, -0.25) is 9.79 Å². The number of aliphatic imine (C=N–C) groups is 1. The second-order valence-corrected chi connectivity index (χ2v) is 5.84. The molecule has 5 nitrogen and oxygen atoms in total. The standard InChI is InChI=1S/C14H24N4OS.HI/c1-4-8-16-13(19)7-9-17-14(15-3)18-10-12-6-5-11(2)20-12;/h5-6H,4,7-10H2,1-3H3,(H,16,19)(H2,15,17,18);1H. The number of hydrogen-bond acceptors (Lipinski definition) is 3. The minimum Gasteiger partial charge on any atom is -0.356 e. The van der Waals surface area contributed by atoms with Crippen LogP contribution in [0.15, 0.2) is 17.1 Å². The zero-order valence-electron chi connectivity index (χ0n) is 12.9. The lowest BCUT2D eigenvalue weighted by molar-refractivity contribution is -0.120. The number of thiophene rings is 1. The summed E-state index contributed by atoms with van der Waals surface area (Å²) in [5.74, 6) is 0.794. The van der Waals surface area contributed by atoms with Crippen LogP contribution in [0.25, 0.3) is 0 Å². The molecule has 1 aromatic rings. The smallest absolute Gasteiger partial charge is 0.221 e. The highest BCUT2D eigenvalue weighted by atomic mass is 127. The minimum absolute atomic E-state index is 0. The quantitative estimate of drug-likeness (QED) is 0.358. The van der Waals surface area contributed by atoms with E-state index in [9.17, 15) is 4.79 Å². The van der Waals surface area contributed by atoms with Gasteiger partial charge in [0.1, 0.15) is 0 Å². The van der Waals surface area contributed by atoms with Gasteiger partial charge in [0.2, 0.25) is 5.91 Å².